The smallest absolute Gasteiger partial charge is 0.270 e. The van der Waals surface area contributed by atoms with Gasteiger partial charge in [0.2, 0.25) is 5.95 Å². The number of nitrogens with zero attached hydrogens (tertiary/aromatic N) is 3. The van der Waals surface area contributed by atoms with Crippen molar-refractivity contribution in [1.82, 2.24) is 15.3 Å². The third kappa shape index (κ3) is 4.47. The maximum Gasteiger partial charge on any atom is 0.270 e. The zero-order chi connectivity index (χ0) is 17.8. The van der Waals surface area contributed by atoms with Crippen molar-refractivity contribution in [3.8, 4) is 0 Å². The van der Waals surface area contributed by atoms with Crippen LogP contribution in [0.25, 0.3) is 0 Å². The number of nitrogens with one attached hydrogen (secondary N) is 2. The lowest BCUT2D eigenvalue weighted by molar-refractivity contribution is 0.0932. The summed E-state index contributed by atoms with van der Waals surface area (Å²) in [7, 11) is 4.00. The monoisotopic (exact) mass is 339 g/mol. The predicted molar refractivity (Wildman–Crippen MR) is 101 cm³/mol. The highest BCUT2D eigenvalue weighted by Crippen LogP contribution is 2.20. The Morgan fingerprint density at radius 3 is 2.44 bits per heavy atom. The molecule has 0 spiro atoms. The molecule has 1 aromatic carbocycles. The minimum absolute atomic E-state index is 0.122. The molecular formula is C19H25N5O. The number of hydrogen-bond acceptors (Lipinski definition) is 5. The Balaban J connectivity index is 1.73. The van der Waals surface area contributed by atoms with Gasteiger partial charge in [-0.25, -0.2) is 9.97 Å². The zero-order valence-corrected chi connectivity index (χ0v) is 15.0. The van der Waals surface area contributed by atoms with Crippen molar-refractivity contribution in [2.24, 2.45) is 0 Å². The minimum atomic E-state index is -0.122. The molecule has 6 nitrogen and oxygen atoms in total. The Labute approximate surface area is 148 Å². The average molecular weight is 339 g/mol. The minimum Gasteiger partial charge on any atom is -0.378 e. The van der Waals surface area contributed by atoms with Crippen LogP contribution in [0, 0.1) is 6.92 Å². The van der Waals surface area contributed by atoms with Crippen molar-refractivity contribution < 1.29 is 4.79 Å². The van der Waals surface area contributed by atoms with Gasteiger partial charge in [-0.15, -0.1) is 0 Å². The van der Waals surface area contributed by atoms with E-state index in [0.717, 1.165) is 29.9 Å². The van der Waals surface area contributed by atoms with Crippen LogP contribution in [0.2, 0.25) is 0 Å². The first-order valence-corrected chi connectivity index (χ1v) is 8.72. The third-order valence-corrected chi connectivity index (χ3v) is 4.42. The fourth-order valence-corrected chi connectivity index (χ4v) is 3.04. The van der Waals surface area contributed by atoms with Crippen LogP contribution in [-0.4, -0.2) is 36.0 Å². The number of anilines is 3. The van der Waals surface area contributed by atoms with Crippen LogP contribution in [0.5, 0.6) is 0 Å². The maximum absolute atomic E-state index is 12.4. The fourth-order valence-electron chi connectivity index (χ4n) is 3.04. The van der Waals surface area contributed by atoms with Crippen molar-refractivity contribution >= 4 is 23.2 Å². The van der Waals surface area contributed by atoms with E-state index in [1.165, 1.54) is 12.8 Å². The second kappa shape index (κ2) is 7.51. The summed E-state index contributed by atoms with van der Waals surface area (Å²) in [6, 6.07) is 9.98. The first-order chi connectivity index (χ1) is 12.0. The third-order valence-electron chi connectivity index (χ3n) is 4.42. The molecule has 1 amide bonds. The van der Waals surface area contributed by atoms with Gasteiger partial charge < -0.3 is 15.5 Å². The standard InChI is InChI=1S/C19H25N5O/c1-13-12-17(18(25)21-14-6-4-5-7-14)23-19(20-13)22-15-8-10-16(11-9-15)24(2)3/h8-12,14H,4-7H2,1-3H3,(H,21,25)(H,20,22,23). The molecule has 0 radical (unpaired) electrons. The molecule has 25 heavy (non-hydrogen) atoms. The Morgan fingerprint density at radius 2 is 1.80 bits per heavy atom. The molecule has 1 aromatic heterocycles. The Bertz CT molecular complexity index is 736. The summed E-state index contributed by atoms with van der Waals surface area (Å²) >= 11 is 0. The normalized spacial score (nSPS) is 14.4. The Hall–Kier alpha value is -2.63. The molecule has 1 heterocycles. The van der Waals surface area contributed by atoms with E-state index in [-0.39, 0.29) is 11.9 Å². The van der Waals surface area contributed by atoms with E-state index in [1.54, 1.807) is 6.07 Å². The molecule has 1 aliphatic rings. The SMILES string of the molecule is Cc1cc(C(=O)NC2CCCC2)nc(Nc2ccc(N(C)C)cc2)n1. The summed E-state index contributed by atoms with van der Waals surface area (Å²) in [6.07, 6.45) is 4.48. The fraction of sp³-hybridized carbons (Fsp3) is 0.421. The van der Waals surface area contributed by atoms with Gasteiger partial charge in [0.1, 0.15) is 5.69 Å². The van der Waals surface area contributed by atoms with E-state index in [4.69, 9.17) is 0 Å². The summed E-state index contributed by atoms with van der Waals surface area (Å²) < 4.78 is 0. The van der Waals surface area contributed by atoms with Gasteiger partial charge in [0.05, 0.1) is 0 Å². The van der Waals surface area contributed by atoms with Crippen LogP contribution in [0.3, 0.4) is 0 Å². The number of aryl methyl sites for hydroxylation is 1. The molecule has 0 bridgehead atoms. The lowest BCUT2D eigenvalue weighted by Gasteiger charge is -2.14. The molecule has 1 fully saturated rings. The summed E-state index contributed by atoms with van der Waals surface area (Å²) in [6.45, 7) is 1.87. The zero-order valence-electron chi connectivity index (χ0n) is 15.0. The van der Waals surface area contributed by atoms with E-state index in [0.29, 0.717) is 11.6 Å². The first kappa shape index (κ1) is 17.2. The molecule has 0 atom stereocenters. The van der Waals surface area contributed by atoms with Crippen LogP contribution < -0.4 is 15.5 Å². The van der Waals surface area contributed by atoms with E-state index in [9.17, 15) is 4.79 Å². The topological polar surface area (TPSA) is 70.2 Å². The Morgan fingerprint density at radius 1 is 1.12 bits per heavy atom. The van der Waals surface area contributed by atoms with Gasteiger partial charge in [-0.2, -0.15) is 0 Å². The predicted octanol–water partition coefficient (Wildman–Crippen LogP) is 3.27. The number of carbonyl (C=O) groups excluding carboxylic acids is 1. The van der Waals surface area contributed by atoms with E-state index >= 15 is 0 Å². The number of carbonyl (C=O) groups is 1. The van der Waals surface area contributed by atoms with Crippen molar-refractivity contribution in [3.63, 3.8) is 0 Å². The number of hydrogen-bond donors (Lipinski definition) is 2. The second-order valence-corrected chi connectivity index (χ2v) is 6.74. The van der Waals surface area contributed by atoms with Gasteiger partial charge in [0.25, 0.3) is 5.91 Å². The summed E-state index contributed by atoms with van der Waals surface area (Å²) in [5.41, 5.74) is 3.18. The molecule has 0 saturated heterocycles. The van der Waals surface area contributed by atoms with Crippen LogP contribution in [0.1, 0.15) is 41.9 Å². The molecule has 3 rings (SSSR count). The highest BCUT2D eigenvalue weighted by Gasteiger charge is 2.19. The van der Waals surface area contributed by atoms with E-state index < -0.39 is 0 Å². The summed E-state index contributed by atoms with van der Waals surface area (Å²) in [5.74, 6) is 0.317. The highest BCUT2D eigenvalue weighted by molar-refractivity contribution is 5.92. The second-order valence-electron chi connectivity index (χ2n) is 6.74. The van der Waals surface area contributed by atoms with Crippen LogP contribution in [0.15, 0.2) is 30.3 Å². The number of benzene rings is 1. The molecule has 6 heteroatoms. The van der Waals surface area contributed by atoms with Crippen LogP contribution in [0.4, 0.5) is 17.3 Å². The van der Waals surface area contributed by atoms with Gasteiger partial charge in [0, 0.05) is 37.2 Å². The van der Waals surface area contributed by atoms with E-state index in [1.807, 2.05) is 50.2 Å². The van der Waals surface area contributed by atoms with Crippen molar-refractivity contribution in [3.05, 3.63) is 41.7 Å². The number of amides is 1. The van der Waals surface area contributed by atoms with Gasteiger partial charge in [-0.05, 0) is 50.1 Å². The van der Waals surface area contributed by atoms with Gasteiger partial charge in [-0.1, -0.05) is 12.8 Å². The number of aromatic nitrogens is 2. The maximum atomic E-state index is 12.4. The first-order valence-electron chi connectivity index (χ1n) is 8.72. The quantitative estimate of drug-likeness (QED) is 0.875. The lowest BCUT2D eigenvalue weighted by atomic mass is 10.2. The van der Waals surface area contributed by atoms with Gasteiger partial charge in [-0.3, -0.25) is 4.79 Å². The van der Waals surface area contributed by atoms with Crippen LogP contribution >= 0.6 is 0 Å². The molecule has 1 aliphatic carbocycles. The van der Waals surface area contributed by atoms with Gasteiger partial charge in [0.15, 0.2) is 0 Å². The molecule has 0 aliphatic heterocycles. The molecule has 0 unspecified atom stereocenters. The van der Waals surface area contributed by atoms with Crippen molar-refractivity contribution in [2.45, 2.75) is 38.6 Å². The number of rotatable bonds is 5. The lowest BCUT2D eigenvalue weighted by Crippen LogP contribution is -2.33. The van der Waals surface area contributed by atoms with Gasteiger partial charge >= 0.3 is 0 Å². The Kier molecular flexibility index (Phi) is 5.16. The average Bonchev–Trinajstić information content (AvgIpc) is 3.07. The molecule has 2 aromatic rings. The summed E-state index contributed by atoms with van der Waals surface area (Å²) in [4.78, 5) is 23.3. The van der Waals surface area contributed by atoms with E-state index in [2.05, 4.69) is 20.6 Å². The largest absolute Gasteiger partial charge is 0.378 e. The molecule has 132 valence electrons. The van der Waals surface area contributed by atoms with Crippen molar-refractivity contribution in [1.29, 1.82) is 0 Å². The highest BCUT2D eigenvalue weighted by atomic mass is 16.1. The van der Waals surface area contributed by atoms with Crippen molar-refractivity contribution in [2.75, 3.05) is 24.3 Å². The summed E-state index contributed by atoms with van der Waals surface area (Å²) in [5, 5.41) is 6.25. The molecule has 1 saturated carbocycles. The molecule has 2 N–H and O–H groups in total. The molecular weight excluding hydrogens is 314 g/mol. The van der Waals surface area contributed by atoms with Crippen LogP contribution in [-0.2, 0) is 0 Å².